The molecule has 7 heteroatoms. The molecule has 0 spiro atoms. The first kappa shape index (κ1) is 14.5. The zero-order chi connectivity index (χ0) is 14.7. The maximum Gasteiger partial charge on any atom is 0.273 e. The van der Waals surface area contributed by atoms with Crippen LogP contribution in [0.5, 0.6) is 0 Å². The van der Waals surface area contributed by atoms with Crippen LogP contribution in [0.25, 0.3) is 0 Å². The van der Waals surface area contributed by atoms with Crippen molar-refractivity contribution in [3.05, 3.63) is 50.5 Å². The third-order valence-electron chi connectivity index (χ3n) is 3.07. The standard InChI is InChI=1S/C13H15BrN4O2/c1-3-10(13-15-4-5-16-13)17-11-6-8(2)12(18(19)20)7-9(11)14/h4-7,10,17H,3H2,1-2H3,(H,15,16). The minimum absolute atomic E-state index is 0.0298. The summed E-state index contributed by atoms with van der Waals surface area (Å²) in [4.78, 5) is 17.8. The van der Waals surface area contributed by atoms with E-state index in [-0.39, 0.29) is 16.7 Å². The summed E-state index contributed by atoms with van der Waals surface area (Å²) in [5.74, 6) is 0.843. The average molecular weight is 339 g/mol. The fourth-order valence-corrected chi connectivity index (χ4v) is 2.44. The number of H-pyrrole nitrogens is 1. The van der Waals surface area contributed by atoms with Gasteiger partial charge in [-0.2, -0.15) is 0 Å². The Morgan fingerprint density at radius 2 is 2.30 bits per heavy atom. The number of benzene rings is 1. The first-order valence-electron chi connectivity index (χ1n) is 6.23. The van der Waals surface area contributed by atoms with Gasteiger partial charge in [-0.1, -0.05) is 6.92 Å². The molecule has 106 valence electrons. The number of nitro groups is 1. The van der Waals surface area contributed by atoms with Gasteiger partial charge in [0.1, 0.15) is 5.82 Å². The molecule has 2 aromatic rings. The van der Waals surface area contributed by atoms with Gasteiger partial charge in [0.05, 0.1) is 11.0 Å². The van der Waals surface area contributed by atoms with E-state index in [1.807, 2.05) is 6.92 Å². The van der Waals surface area contributed by atoms with Crippen LogP contribution in [-0.4, -0.2) is 14.9 Å². The second-order valence-corrected chi connectivity index (χ2v) is 5.31. The fraction of sp³-hybridized carbons (Fsp3) is 0.308. The Morgan fingerprint density at radius 3 is 2.85 bits per heavy atom. The summed E-state index contributed by atoms with van der Waals surface area (Å²) in [5.41, 5.74) is 1.54. The van der Waals surface area contributed by atoms with E-state index < -0.39 is 0 Å². The van der Waals surface area contributed by atoms with Crippen LogP contribution >= 0.6 is 15.9 Å². The van der Waals surface area contributed by atoms with Crippen molar-refractivity contribution in [2.75, 3.05) is 5.32 Å². The van der Waals surface area contributed by atoms with Gasteiger partial charge < -0.3 is 10.3 Å². The van der Waals surface area contributed by atoms with Crippen LogP contribution in [0.3, 0.4) is 0 Å². The second kappa shape index (κ2) is 6.04. The molecule has 1 aromatic heterocycles. The predicted molar refractivity (Wildman–Crippen MR) is 80.8 cm³/mol. The number of nitrogens with zero attached hydrogens (tertiary/aromatic N) is 2. The Hall–Kier alpha value is -1.89. The highest BCUT2D eigenvalue weighted by Crippen LogP contribution is 2.33. The third kappa shape index (κ3) is 2.98. The lowest BCUT2D eigenvalue weighted by Gasteiger charge is -2.17. The summed E-state index contributed by atoms with van der Waals surface area (Å²) < 4.78 is 0.666. The molecule has 0 saturated carbocycles. The van der Waals surface area contributed by atoms with E-state index >= 15 is 0 Å². The molecular formula is C13H15BrN4O2. The van der Waals surface area contributed by atoms with Gasteiger partial charge in [0.25, 0.3) is 5.69 Å². The zero-order valence-corrected chi connectivity index (χ0v) is 12.8. The van der Waals surface area contributed by atoms with Crippen molar-refractivity contribution >= 4 is 27.3 Å². The molecule has 20 heavy (non-hydrogen) atoms. The highest BCUT2D eigenvalue weighted by molar-refractivity contribution is 9.10. The van der Waals surface area contributed by atoms with Crippen LogP contribution in [0.1, 0.15) is 30.8 Å². The Bertz CT molecular complexity index is 613. The number of halogens is 1. The summed E-state index contributed by atoms with van der Waals surface area (Å²) >= 11 is 3.37. The molecule has 2 N–H and O–H groups in total. The number of aryl methyl sites for hydroxylation is 1. The molecule has 2 rings (SSSR count). The van der Waals surface area contributed by atoms with E-state index in [1.54, 1.807) is 25.4 Å². The highest BCUT2D eigenvalue weighted by Gasteiger charge is 2.17. The van der Waals surface area contributed by atoms with Gasteiger partial charge in [0, 0.05) is 34.2 Å². The largest absolute Gasteiger partial charge is 0.374 e. The molecule has 0 aliphatic heterocycles. The van der Waals surface area contributed by atoms with Gasteiger partial charge in [-0.15, -0.1) is 0 Å². The third-order valence-corrected chi connectivity index (χ3v) is 3.73. The number of anilines is 1. The molecule has 1 aromatic carbocycles. The maximum atomic E-state index is 10.9. The lowest BCUT2D eigenvalue weighted by molar-refractivity contribution is -0.385. The van der Waals surface area contributed by atoms with Gasteiger partial charge in [0.15, 0.2) is 0 Å². The maximum absolute atomic E-state index is 10.9. The lowest BCUT2D eigenvalue weighted by atomic mass is 10.1. The topological polar surface area (TPSA) is 83.8 Å². The number of aromatic amines is 1. The Labute approximate surface area is 124 Å². The van der Waals surface area contributed by atoms with E-state index in [2.05, 4.69) is 31.2 Å². The molecule has 0 fully saturated rings. The molecule has 6 nitrogen and oxygen atoms in total. The zero-order valence-electron chi connectivity index (χ0n) is 11.2. The van der Waals surface area contributed by atoms with E-state index in [4.69, 9.17) is 0 Å². The molecule has 0 saturated heterocycles. The van der Waals surface area contributed by atoms with Crippen molar-refractivity contribution in [2.24, 2.45) is 0 Å². The minimum Gasteiger partial charge on any atom is -0.374 e. The number of nitrogens with one attached hydrogen (secondary N) is 2. The molecular weight excluding hydrogens is 324 g/mol. The van der Waals surface area contributed by atoms with Gasteiger partial charge in [-0.25, -0.2) is 4.98 Å². The quantitative estimate of drug-likeness (QED) is 0.638. The molecule has 1 atom stereocenters. The van der Waals surface area contributed by atoms with Gasteiger partial charge in [0.2, 0.25) is 0 Å². The Kier molecular flexibility index (Phi) is 4.39. The summed E-state index contributed by atoms with van der Waals surface area (Å²) in [7, 11) is 0. The van der Waals surface area contributed by atoms with Crippen molar-refractivity contribution in [1.29, 1.82) is 0 Å². The van der Waals surface area contributed by atoms with Crippen LogP contribution in [0, 0.1) is 17.0 Å². The van der Waals surface area contributed by atoms with Gasteiger partial charge in [-0.05, 0) is 35.3 Å². The van der Waals surface area contributed by atoms with Crippen LogP contribution in [0.15, 0.2) is 29.0 Å². The van der Waals surface area contributed by atoms with Crippen molar-refractivity contribution in [3.8, 4) is 0 Å². The monoisotopic (exact) mass is 338 g/mol. The fourth-order valence-electron chi connectivity index (χ4n) is 2.00. The average Bonchev–Trinajstić information content (AvgIpc) is 2.92. The summed E-state index contributed by atoms with van der Waals surface area (Å²) in [5, 5.41) is 14.2. The van der Waals surface area contributed by atoms with E-state index in [0.29, 0.717) is 10.0 Å². The van der Waals surface area contributed by atoms with Crippen molar-refractivity contribution in [1.82, 2.24) is 9.97 Å². The van der Waals surface area contributed by atoms with Crippen molar-refractivity contribution in [2.45, 2.75) is 26.3 Å². The SMILES string of the molecule is CCC(Nc1cc(C)c([N+](=O)[O-])cc1Br)c1ncc[nH]1. The second-order valence-electron chi connectivity index (χ2n) is 4.46. The first-order valence-corrected chi connectivity index (χ1v) is 7.02. The van der Waals surface area contributed by atoms with Crippen LogP contribution in [0.4, 0.5) is 11.4 Å². The summed E-state index contributed by atoms with van der Waals surface area (Å²) in [6.07, 6.45) is 4.32. The number of hydrogen-bond acceptors (Lipinski definition) is 4. The van der Waals surface area contributed by atoms with E-state index in [1.165, 1.54) is 6.07 Å². The lowest BCUT2D eigenvalue weighted by Crippen LogP contribution is -2.12. The van der Waals surface area contributed by atoms with Crippen LogP contribution < -0.4 is 5.32 Å². The molecule has 0 amide bonds. The minimum atomic E-state index is -0.381. The molecule has 1 heterocycles. The number of rotatable bonds is 5. The Balaban J connectivity index is 2.29. The van der Waals surface area contributed by atoms with Gasteiger partial charge >= 0.3 is 0 Å². The van der Waals surface area contributed by atoms with Crippen LogP contribution in [0.2, 0.25) is 0 Å². The van der Waals surface area contributed by atoms with E-state index in [9.17, 15) is 10.1 Å². The van der Waals surface area contributed by atoms with Crippen molar-refractivity contribution < 1.29 is 4.92 Å². The smallest absolute Gasteiger partial charge is 0.273 e. The summed E-state index contributed by atoms with van der Waals surface area (Å²) in [6.45, 7) is 3.77. The normalized spacial score (nSPS) is 12.2. The van der Waals surface area contributed by atoms with Crippen molar-refractivity contribution in [3.63, 3.8) is 0 Å². The highest BCUT2D eigenvalue weighted by atomic mass is 79.9. The summed E-state index contributed by atoms with van der Waals surface area (Å²) in [6, 6.07) is 3.32. The van der Waals surface area contributed by atoms with Crippen LogP contribution in [-0.2, 0) is 0 Å². The Morgan fingerprint density at radius 1 is 1.55 bits per heavy atom. The van der Waals surface area contributed by atoms with E-state index in [0.717, 1.165) is 17.9 Å². The molecule has 0 bridgehead atoms. The predicted octanol–water partition coefficient (Wildman–Crippen LogP) is 3.95. The first-order chi connectivity index (χ1) is 9.52. The van der Waals surface area contributed by atoms with Gasteiger partial charge in [-0.3, -0.25) is 10.1 Å². The molecule has 1 unspecified atom stereocenters. The number of aromatic nitrogens is 2. The number of imidazole rings is 1. The molecule has 0 aliphatic rings. The molecule has 0 aliphatic carbocycles. The number of nitro benzene ring substituents is 1. The molecule has 0 radical (unpaired) electrons. The number of hydrogen-bond donors (Lipinski definition) is 2.